The molecule has 15 heteroatoms. The average Bonchev–Trinajstić information content (AvgIpc) is 3.20. The van der Waals surface area contributed by atoms with E-state index in [1.165, 1.54) is 24.1 Å². The highest BCUT2D eigenvalue weighted by atomic mass is 32.2. The lowest BCUT2D eigenvalue weighted by atomic mass is 10.0. The maximum absolute atomic E-state index is 12.9. The van der Waals surface area contributed by atoms with Crippen LogP contribution < -0.4 is 16.4 Å². The molecule has 33 heavy (non-hydrogen) atoms. The van der Waals surface area contributed by atoms with Crippen LogP contribution in [0.1, 0.15) is 19.5 Å². The van der Waals surface area contributed by atoms with E-state index in [1.807, 2.05) is 6.92 Å². The van der Waals surface area contributed by atoms with Crippen molar-refractivity contribution in [2.24, 2.45) is 5.16 Å². The number of fused-ring (bicyclic) bond motifs is 1. The van der Waals surface area contributed by atoms with Crippen molar-refractivity contribution in [3.8, 4) is 0 Å². The lowest BCUT2D eigenvalue weighted by Gasteiger charge is -2.49. The molecule has 6 N–H and O–H groups in total. The number of anilines is 1. The summed E-state index contributed by atoms with van der Waals surface area (Å²) >= 11 is 2.36. The van der Waals surface area contributed by atoms with Crippen LogP contribution in [0.2, 0.25) is 0 Å². The average molecular weight is 499 g/mol. The zero-order valence-electron chi connectivity index (χ0n) is 17.6. The van der Waals surface area contributed by atoms with Crippen LogP contribution in [0, 0.1) is 0 Å². The Morgan fingerprint density at radius 1 is 1.42 bits per heavy atom. The highest BCUT2D eigenvalue weighted by Crippen LogP contribution is 2.40. The quantitative estimate of drug-likeness (QED) is 0.155. The van der Waals surface area contributed by atoms with E-state index in [9.17, 15) is 24.3 Å². The van der Waals surface area contributed by atoms with E-state index in [0.717, 1.165) is 16.2 Å². The molecule has 178 valence electrons. The molecule has 3 heterocycles. The van der Waals surface area contributed by atoms with Crippen LogP contribution >= 0.6 is 23.1 Å². The third-order valence-corrected chi connectivity index (χ3v) is 6.77. The topological polar surface area (TPSA) is 197 Å². The Kier molecular flexibility index (Phi) is 7.55. The highest BCUT2D eigenvalue weighted by molar-refractivity contribution is 8.00. The first-order valence-corrected chi connectivity index (χ1v) is 11.7. The van der Waals surface area contributed by atoms with Crippen LogP contribution in [0.5, 0.6) is 0 Å². The van der Waals surface area contributed by atoms with Gasteiger partial charge in [0.15, 0.2) is 10.8 Å². The monoisotopic (exact) mass is 498 g/mol. The molecule has 1 saturated heterocycles. The smallest absolute Gasteiger partial charge is 0.352 e. The number of nitrogens with two attached hydrogens (primary N) is 1. The molecule has 1 aromatic heterocycles. The number of nitrogen functional groups attached to an aromatic ring is 1. The molecule has 0 radical (unpaired) electrons. The number of amides is 2. The predicted molar refractivity (Wildman–Crippen MR) is 119 cm³/mol. The molecule has 0 spiro atoms. The molecule has 0 aromatic carbocycles. The molecular formula is C18H22N6O7S2. The largest absolute Gasteiger partial charge is 0.478 e. The van der Waals surface area contributed by atoms with E-state index >= 15 is 0 Å². The molecule has 2 aliphatic rings. The van der Waals surface area contributed by atoms with Gasteiger partial charge in [-0.15, -0.1) is 23.1 Å². The number of aliphatic carboxylic acids is 2. The summed E-state index contributed by atoms with van der Waals surface area (Å²) in [5.74, 6) is -3.55. The molecule has 2 unspecified atom stereocenters. The number of likely N-dealkylation sites (N-methyl/N-ethyl adjacent to an activating group) is 1. The molecule has 2 aliphatic heterocycles. The summed E-state index contributed by atoms with van der Waals surface area (Å²) in [4.78, 5) is 58.5. The van der Waals surface area contributed by atoms with E-state index in [1.54, 1.807) is 0 Å². The maximum Gasteiger partial charge on any atom is 0.352 e. The van der Waals surface area contributed by atoms with E-state index in [2.05, 4.69) is 20.8 Å². The highest BCUT2D eigenvalue weighted by Gasteiger charge is 2.54. The van der Waals surface area contributed by atoms with Gasteiger partial charge >= 0.3 is 11.9 Å². The van der Waals surface area contributed by atoms with Gasteiger partial charge in [0.25, 0.3) is 11.8 Å². The Bertz CT molecular complexity index is 1040. The predicted octanol–water partition coefficient (Wildman–Crippen LogP) is -0.733. The van der Waals surface area contributed by atoms with Crippen LogP contribution in [-0.4, -0.2) is 85.9 Å². The number of thioether (sulfide) groups is 1. The number of oxime groups is 1. The minimum absolute atomic E-state index is 0.0477. The lowest BCUT2D eigenvalue weighted by molar-refractivity contribution is -0.150. The molecule has 0 saturated carbocycles. The van der Waals surface area contributed by atoms with E-state index in [-0.39, 0.29) is 22.2 Å². The number of aromatic nitrogens is 1. The van der Waals surface area contributed by atoms with Gasteiger partial charge in [0, 0.05) is 17.7 Å². The summed E-state index contributed by atoms with van der Waals surface area (Å²) in [5.41, 5.74) is 5.80. The zero-order chi connectivity index (χ0) is 24.3. The first kappa shape index (κ1) is 24.5. The fourth-order valence-electron chi connectivity index (χ4n) is 3.08. The van der Waals surface area contributed by atoms with Crippen molar-refractivity contribution in [2.75, 3.05) is 24.6 Å². The Balaban J connectivity index is 1.79. The fraction of sp³-hybridized carbons (Fsp3) is 0.444. The molecule has 2 amide bonds. The number of hydrogen-bond donors (Lipinski definition) is 5. The summed E-state index contributed by atoms with van der Waals surface area (Å²) in [6.45, 7) is 4.09. The second-order valence-electron chi connectivity index (χ2n) is 7.00. The summed E-state index contributed by atoms with van der Waals surface area (Å²) in [7, 11) is 0. The van der Waals surface area contributed by atoms with Crippen molar-refractivity contribution >= 4 is 57.7 Å². The maximum atomic E-state index is 12.9. The molecule has 3 atom stereocenters. The first-order chi connectivity index (χ1) is 15.6. The summed E-state index contributed by atoms with van der Waals surface area (Å²) in [6, 6.07) is -1.00. The number of β-lactam (4-membered cyclic amide) rings is 1. The van der Waals surface area contributed by atoms with Gasteiger partial charge in [0.05, 0.1) is 0 Å². The Morgan fingerprint density at radius 3 is 2.73 bits per heavy atom. The minimum Gasteiger partial charge on any atom is -0.478 e. The van der Waals surface area contributed by atoms with Crippen LogP contribution in [-0.2, 0) is 24.0 Å². The fourth-order valence-corrected chi connectivity index (χ4v) is 4.98. The summed E-state index contributed by atoms with van der Waals surface area (Å²) in [5, 5.41) is 28.8. The molecule has 0 bridgehead atoms. The minimum atomic E-state index is -1.34. The van der Waals surface area contributed by atoms with Gasteiger partial charge < -0.3 is 31.4 Å². The number of carbonyl (C=O) groups excluding carboxylic acids is 2. The number of thiazole rings is 1. The van der Waals surface area contributed by atoms with Gasteiger partial charge in [0.1, 0.15) is 22.8 Å². The Labute approximate surface area is 196 Å². The summed E-state index contributed by atoms with van der Waals surface area (Å²) in [6.07, 6.45) is -1.34. The standard InChI is InChI=1S/C18H22N6O7S2/c1-3-20-4-8-5-32-15-11(14(26)24(15)12(8)17(29)30)22-13(25)10(9-6-33-18(19)21-9)23-31-7(2)16(27)28/h6-7,11,15,20H,3-5H2,1-2H3,(H2,19,21)(H,22,25)(H,27,28)(H,29,30)/b23-10-/t7?,11?,15-/m0/s1. The number of rotatable bonds is 10. The van der Waals surface area contributed by atoms with Gasteiger partial charge in [0.2, 0.25) is 6.10 Å². The van der Waals surface area contributed by atoms with Crippen molar-refractivity contribution in [3.05, 3.63) is 22.3 Å². The van der Waals surface area contributed by atoms with E-state index < -0.39 is 41.3 Å². The SMILES string of the molecule is CCNCC1=C(C(=O)O)N2C(=O)C(NC(=O)/C(=N\OC(C)C(=O)O)c3csc(N)n3)[C@@H]2SC1. The number of carboxylic acids is 2. The lowest BCUT2D eigenvalue weighted by Crippen LogP contribution is -2.71. The normalized spacial score (nSPS) is 21.2. The number of hydrogen-bond acceptors (Lipinski definition) is 11. The molecular weight excluding hydrogens is 476 g/mol. The molecule has 1 aromatic rings. The molecule has 13 nitrogen and oxygen atoms in total. The first-order valence-electron chi connectivity index (χ1n) is 9.75. The van der Waals surface area contributed by atoms with Gasteiger partial charge in [-0.25, -0.2) is 14.6 Å². The van der Waals surface area contributed by atoms with E-state index in [4.69, 9.17) is 15.7 Å². The van der Waals surface area contributed by atoms with Crippen molar-refractivity contribution < 1.29 is 34.2 Å². The van der Waals surface area contributed by atoms with Crippen molar-refractivity contribution in [3.63, 3.8) is 0 Å². The van der Waals surface area contributed by atoms with Crippen LogP contribution in [0.3, 0.4) is 0 Å². The summed E-state index contributed by atoms with van der Waals surface area (Å²) < 4.78 is 0. The third kappa shape index (κ3) is 5.09. The second-order valence-corrected chi connectivity index (χ2v) is 8.99. The van der Waals surface area contributed by atoms with Crippen LogP contribution in [0.25, 0.3) is 0 Å². The number of nitrogens with one attached hydrogen (secondary N) is 2. The van der Waals surface area contributed by atoms with Gasteiger partial charge in [-0.2, -0.15) is 0 Å². The molecule has 1 fully saturated rings. The van der Waals surface area contributed by atoms with Crippen molar-refractivity contribution in [1.82, 2.24) is 20.5 Å². The molecule has 3 rings (SSSR count). The molecule has 0 aliphatic carbocycles. The van der Waals surface area contributed by atoms with Crippen molar-refractivity contribution in [2.45, 2.75) is 31.4 Å². The number of carboxylic acid groups (broad SMARTS) is 2. The Morgan fingerprint density at radius 2 is 2.15 bits per heavy atom. The van der Waals surface area contributed by atoms with Crippen LogP contribution in [0.4, 0.5) is 5.13 Å². The number of carbonyl (C=O) groups is 4. The zero-order valence-corrected chi connectivity index (χ0v) is 19.2. The van der Waals surface area contributed by atoms with Gasteiger partial charge in [-0.3, -0.25) is 14.5 Å². The van der Waals surface area contributed by atoms with E-state index in [0.29, 0.717) is 24.4 Å². The van der Waals surface area contributed by atoms with Crippen molar-refractivity contribution in [1.29, 1.82) is 0 Å². The van der Waals surface area contributed by atoms with Gasteiger partial charge in [-0.05, 0) is 19.0 Å². The Hall–Kier alpha value is -3.17. The number of nitrogens with zero attached hydrogens (tertiary/aromatic N) is 3. The van der Waals surface area contributed by atoms with Gasteiger partial charge in [-0.1, -0.05) is 12.1 Å². The third-order valence-electron chi connectivity index (χ3n) is 4.75. The second kappa shape index (κ2) is 10.2. The van der Waals surface area contributed by atoms with Crippen LogP contribution in [0.15, 0.2) is 21.8 Å².